The third-order valence-electron chi connectivity index (χ3n) is 8.08. The Bertz CT molecular complexity index is 1280. The Hall–Kier alpha value is -2.94. The molecule has 3 atom stereocenters. The normalized spacial score (nSPS) is 25.3. The second kappa shape index (κ2) is 9.42. The summed E-state index contributed by atoms with van der Waals surface area (Å²) in [5.74, 6) is -1.46. The summed E-state index contributed by atoms with van der Waals surface area (Å²) >= 11 is 6.40. The Morgan fingerprint density at radius 2 is 1.97 bits per heavy atom. The van der Waals surface area contributed by atoms with Crippen molar-refractivity contribution in [1.29, 1.82) is 0 Å². The van der Waals surface area contributed by atoms with Crippen LogP contribution in [0.3, 0.4) is 0 Å². The second-order valence-corrected chi connectivity index (χ2v) is 10.9. The van der Waals surface area contributed by atoms with Gasteiger partial charge < -0.3 is 20.4 Å². The van der Waals surface area contributed by atoms with Crippen LogP contribution in [-0.2, 0) is 0 Å². The highest BCUT2D eigenvalue weighted by Crippen LogP contribution is 2.45. The number of allylic oxidation sites excluding steroid dienone is 1. The molecule has 5 rings (SSSR count). The van der Waals surface area contributed by atoms with Gasteiger partial charge in [-0.25, -0.2) is 18.2 Å². The van der Waals surface area contributed by atoms with Crippen molar-refractivity contribution < 1.29 is 13.2 Å². The molecule has 1 saturated heterocycles. The van der Waals surface area contributed by atoms with E-state index < -0.39 is 17.8 Å². The van der Waals surface area contributed by atoms with Crippen molar-refractivity contribution in [2.24, 2.45) is 11.8 Å². The molecule has 2 N–H and O–H groups in total. The fourth-order valence-corrected chi connectivity index (χ4v) is 5.36. The lowest BCUT2D eigenvalue weighted by Gasteiger charge is -2.35. The van der Waals surface area contributed by atoms with Gasteiger partial charge >= 0.3 is 0 Å². The minimum Gasteiger partial charge on any atom is -0.376 e. The lowest BCUT2D eigenvalue weighted by Crippen LogP contribution is -2.40. The van der Waals surface area contributed by atoms with Gasteiger partial charge in [0.05, 0.1) is 23.6 Å². The maximum absolute atomic E-state index is 15.4. The molecule has 3 aliphatic rings. The molecule has 2 unspecified atom stereocenters. The summed E-state index contributed by atoms with van der Waals surface area (Å²) < 4.78 is 44.5. The van der Waals surface area contributed by atoms with E-state index in [1.54, 1.807) is 18.0 Å². The Morgan fingerprint density at radius 3 is 2.70 bits per heavy atom. The number of aromatic nitrogens is 2. The molecule has 4 heterocycles. The van der Waals surface area contributed by atoms with Crippen molar-refractivity contribution in [3.8, 4) is 0 Å². The van der Waals surface area contributed by atoms with E-state index in [0.29, 0.717) is 46.0 Å². The number of hydrogen-bond donors (Lipinski definition) is 2. The predicted molar refractivity (Wildman–Crippen MR) is 143 cm³/mol. The molecule has 37 heavy (non-hydrogen) atoms. The topological polar surface area (TPSA) is 56.3 Å². The summed E-state index contributed by atoms with van der Waals surface area (Å²) in [5.41, 5.74) is 3.13. The lowest BCUT2D eigenvalue weighted by molar-refractivity contribution is -0.0319. The number of nitrogens with zero attached hydrogens (tertiary/aromatic N) is 4. The standard InChI is InChI=1S/C27H32ClF3N6/c1-14-7-9-37(13-15(14)2)26-32-12-20(28)25(35-26)34-22-10-19-23(11-21(22)29)36(5)16(3)18-6-8-27(30,31)17(4)33-24(18)19/h10-12,14-15,17,33H,3,6-9,13H2,1-2,4-5H3,(H,32,34,35)/t14?,15-,17?/m0/s1. The van der Waals surface area contributed by atoms with Gasteiger partial charge in [-0.3, -0.25) is 0 Å². The number of rotatable bonds is 3. The largest absolute Gasteiger partial charge is 0.376 e. The molecule has 0 spiro atoms. The molecule has 1 aromatic heterocycles. The van der Waals surface area contributed by atoms with Crippen LogP contribution >= 0.6 is 11.6 Å². The van der Waals surface area contributed by atoms with Crippen LogP contribution in [0.25, 0.3) is 5.70 Å². The van der Waals surface area contributed by atoms with E-state index in [9.17, 15) is 8.78 Å². The zero-order valence-electron chi connectivity index (χ0n) is 21.5. The highest BCUT2D eigenvalue weighted by molar-refractivity contribution is 6.32. The molecule has 1 aromatic carbocycles. The van der Waals surface area contributed by atoms with Crippen molar-refractivity contribution in [3.05, 3.63) is 52.6 Å². The average molecular weight is 533 g/mol. The first kappa shape index (κ1) is 25.7. The van der Waals surface area contributed by atoms with E-state index >= 15 is 4.39 Å². The molecule has 0 amide bonds. The van der Waals surface area contributed by atoms with E-state index in [0.717, 1.165) is 19.5 Å². The molecule has 2 aromatic rings. The first-order chi connectivity index (χ1) is 17.5. The molecule has 198 valence electrons. The number of likely N-dealkylation sites (N-methyl/N-ethyl adjacent to an activating group) is 1. The smallest absolute Gasteiger partial charge is 0.267 e. The molecule has 1 fully saturated rings. The molecule has 0 radical (unpaired) electrons. The second-order valence-electron chi connectivity index (χ2n) is 10.5. The average Bonchev–Trinajstić information content (AvgIpc) is 2.97. The fraction of sp³-hybridized carbons (Fsp3) is 0.481. The van der Waals surface area contributed by atoms with Gasteiger partial charge in [-0.05, 0) is 43.2 Å². The maximum Gasteiger partial charge on any atom is 0.267 e. The van der Waals surface area contributed by atoms with Gasteiger partial charge in [0.1, 0.15) is 10.8 Å². The quantitative estimate of drug-likeness (QED) is 0.466. The minimum absolute atomic E-state index is 0.143. The number of nitrogens with one attached hydrogen (secondary N) is 2. The minimum atomic E-state index is -2.88. The molecule has 0 aliphatic carbocycles. The van der Waals surface area contributed by atoms with Gasteiger partial charge in [0.2, 0.25) is 5.95 Å². The SMILES string of the molecule is C=C1C2=C(NC(C)C(F)(F)CC2)c2cc(Nc3nc(N4CCC(C)[C@@H](C)C4)ncc3Cl)c(F)cc2N1C. The molecule has 0 saturated carbocycles. The van der Waals surface area contributed by atoms with Crippen LogP contribution in [0.1, 0.15) is 45.6 Å². The van der Waals surface area contributed by atoms with Crippen LogP contribution in [0.5, 0.6) is 0 Å². The number of alkyl halides is 2. The number of hydrogen-bond acceptors (Lipinski definition) is 6. The van der Waals surface area contributed by atoms with Crippen LogP contribution in [0.4, 0.5) is 36.3 Å². The van der Waals surface area contributed by atoms with Gasteiger partial charge in [0.25, 0.3) is 5.92 Å². The first-order valence-corrected chi connectivity index (χ1v) is 13.0. The number of benzene rings is 1. The number of halogens is 4. The summed E-state index contributed by atoms with van der Waals surface area (Å²) in [6.07, 6.45) is 2.43. The zero-order valence-corrected chi connectivity index (χ0v) is 22.3. The highest BCUT2D eigenvalue weighted by atomic mass is 35.5. The van der Waals surface area contributed by atoms with E-state index in [4.69, 9.17) is 11.6 Å². The third-order valence-corrected chi connectivity index (χ3v) is 8.35. The highest BCUT2D eigenvalue weighted by Gasteiger charge is 2.41. The van der Waals surface area contributed by atoms with E-state index in [2.05, 4.69) is 45.9 Å². The van der Waals surface area contributed by atoms with E-state index in [1.165, 1.54) is 19.2 Å². The molecule has 0 bridgehead atoms. The number of fused-ring (bicyclic) bond motifs is 2. The van der Waals surface area contributed by atoms with Gasteiger partial charge in [-0.15, -0.1) is 0 Å². The Morgan fingerprint density at radius 1 is 1.22 bits per heavy atom. The Labute approximate surface area is 220 Å². The zero-order chi connectivity index (χ0) is 26.6. The van der Waals surface area contributed by atoms with Crippen molar-refractivity contribution in [3.63, 3.8) is 0 Å². The maximum atomic E-state index is 15.4. The van der Waals surface area contributed by atoms with Crippen molar-refractivity contribution in [2.75, 3.05) is 35.3 Å². The van der Waals surface area contributed by atoms with Gasteiger partial charge in [-0.1, -0.05) is 32.0 Å². The summed E-state index contributed by atoms with van der Waals surface area (Å²) in [4.78, 5) is 12.9. The third kappa shape index (κ3) is 4.62. The van der Waals surface area contributed by atoms with Gasteiger partial charge in [-0.2, -0.15) is 4.98 Å². The number of anilines is 4. The molecule has 6 nitrogen and oxygen atoms in total. The van der Waals surface area contributed by atoms with Crippen molar-refractivity contribution >= 4 is 40.4 Å². The summed E-state index contributed by atoms with van der Waals surface area (Å²) in [7, 11) is 1.76. The van der Waals surface area contributed by atoms with Crippen LogP contribution in [0, 0.1) is 17.7 Å². The molecular formula is C27H32ClF3N6. The molecule has 10 heteroatoms. The van der Waals surface area contributed by atoms with Crippen molar-refractivity contribution in [1.82, 2.24) is 15.3 Å². The van der Waals surface area contributed by atoms with E-state index in [-0.39, 0.29) is 29.4 Å². The summed E-state index contributed by atoms with van der Waals surface area (Å²) in [6, 6.07) is 1.92. The lowest BCUT2D eigenvalue weighted by atomic mass is 9.89. The van der Waals surface area contributed by atoms with E-state index in [1.807, 2.05) is 0 Å². The van der Waals surface area contributed by atoms with Gasteiger partial charge in [0.15, 0.2) is 5.82 Å². The fourth-order valence-electron chi connectivity index (χ4n) is 5.23. The van der Waals surface area contributed by atoms with Crippen molar-refractivity contribution in [2.45, 2.75) is 52.0 Å². The molecular weight excluding hydrogens is 501 g/mol. The number of piperidine rings is 1. The predicted octanol–water partition coefficient (Wildman–Crippen LogP) is 6.58. The monoisotopic (exact) mass is 532 g/mol. The van der Waals surface area contributed by atoms with Crippen LogP contribution in [-0.4, -0.2) is 42.1 Å². The first-order valence-electron chi connectivity index (χ1n) is 12.6. The van der Waals surface area contributed by atoms with Crippen LogP contribution in [0.15, 0.2) is 36.2 Å². The van der Waals surface area contributed by atoms with Gasteiger partial charge in [0, 0.05) is 49.6 Å². The summed E-state index contributed by atoms with van der Waals surface area (Å²) in [5, 5.41) is 6.28. The van der Waals surface area contributed by atoms with Crippen LogP contribution < -0.4 is 20.4 Å². The Kier molecular flexibility index (Phi) is 6.54. The Balaban J connectivity index is 1.51. The summed E-state index contributed by atoms with van der Waals surface area (Å²) in [6.45, 7) is 11.7. The van der Waals surface area contributed by atoms with Crippen LogP contribution in [0.2, 0.25) is 5.02 Å². The molecule has 3 aliphatic heterocycles.